The molecule has 0 aliphatic heterocycles. The van der Waals surface area contributed by atoms with E-state index in [4.69, 9.17) is 0 Å². The monoisotopic (exact) mass is 325 g/mol. The highest BCUT2D eigenvalue weighted by atomic mass is 79.9. The van der Waals surface area contributed by atoms with E-state index in [9.17, 15) is 9.18 Å². The number of hydrogen-bond donors (Lipinski definition) is 2. The molecule has 6 heteroatoms. The van der Waals surface area contributed by atoms with Crippen LogP contribution in [0, 0.1) is 5.82 Å². The number of aromatic amines is 1. The number of halogens is 2. The average molecular weight is 326 g/mol. The van der Waals surface area contributed by atoms with E-state index < -0.39 is 11.7 Å². The largest absolute Gasteiger partial charge is 0.347 e. The van der Waals surface area contributed by atoms with Crippen molar-refractivity contribution in [2.75, 3.05) is 0 Å². The maximum absolute atomic E-state index is 13.7. The maximum Gasteiger partial charge on any atom is 0.255 e. The number of benzene rings is 1. The summed E-state index contributed by atoms with van der Waals surface area (Å²) in [7, 11) is 0. The summed E-state index contributed by atoms with van der Waals surface area (Å²) < 4.78 is 14.1. The summed E-state index contributed by atoms with van der Waals surface area (Å²) in [6.07, 6.45) is 3.96. The third kappa shape index (κ3) is 3.01. The molecule has 0 aliphatic rings. The second-order valence-electron chi connectivity index (χ2n) is 4.01. The lowest BCUT2D eigenvalue weighted by Gasteiger charge is -2.15. The van der Waals surface area contributed by atoms with Gasteiger partial charge in [0.15, 0.2) is 0 Å². The first-order chi connectivity index (χ1) is 9.13. The second kappa shape index (κ2) is 5.97. The van der Waals surface area contributed by atoms with Crippen molar-refractivity contribution >= 4 is 21.8 Å². The van der Waals surface area contributed by atoms with Gasteiger partial charge in [-0.1, -0.05) is 13.0 Å². The lowest BCUT2D eigenvalue weighted by molar-refractivity contribution is 0.0929. The Morgan fingerprint density at radius 3 is 2.95 bits per heavy atom. The minimum Gasteiger partial charge on any atom is -0.347 e. The molecule has 0 saturated carbocycles. The van der Waals surface area contributed by atoms with Crippen molar-refractivity contribution in [3.05, 3.63) is 52.3 Å². The summed E-state index contributed by atoms with van der Waals surface area (Å²) in [6.45, 7) is 1.92. The Balaban J connectivity index is 2.21. The number of aromatic nitrogens is 2. The van der Waals surface area contributed by atoms with Crippen LogP contribution < -0.4 is 5.32 Å². The highest BCUT2D eigenvalue weighted by Gasteiger charge is 2.20. The van der Waals surface area contributed by atoms with Gasteiger partial charge in [0.25, 0.3) is 5.91 Å². The van der Waals surface area contributed by atoms with Gasteiger partial charge in [0, 0.05) is 16.9 Å². The Kier molecular flexibility index (Phi) is 4.31. The maximum atomic E-state index is 13.7. The summed E-state index contributed by atoms with van der Waals surface area (Å²) in [4.78, 5) is 19.2. The molecule has 0 saturated heterocycles. The van der Waals surface area contributed by atoms with Crippen LogP contribution in [0.5, 0.6) is 0 Å². The fraction of sp³-hybridized carbons (Fsp3) is 0.231. The van der Waals surface area contributed by atoms with Crippen molar-refractivity contribution in [3.8, 4) is 0 Å². The molecule has 0 bridgehead atoms. The van der Waals surface area contributed by atoms with E-state index in [0.717, 1.165) is 0 Å². The van der Waals surface area contributed by atoms with Gasteiger partial charge in [0.05, 0.1) is 11.6 Å². The van der Waals surface area contributed by atoms with Crippen LogP contribution in [0.25, 0.3) is 0 Å². The van der Waals surface area contributed by atoms with Crippen LogP contribution >= 0.6 is 15.9 Å². The van der Waals surface area contributed by atoms with Crippen LogP contribution in [0.15, 0.2) is 35.1 Å². The zero-order chi connectivity index (χ0) is 13.8. The minimum atomic E-state index is -0.554. The molecule has 100 valence electrons. The number of nitrogens with one attached hydrogen (secondary N) is 2. The highest BCUT2D eigenvalue weighted by molar-refractivity contribution is 9.10. The number of H-pyrrole nitrogens is 1. The Bertz CT molecular complexity index is 551. The average Bonchev–Trinajstić information content (AvgIpc) is 2.89. The molecule has 1 atom stereocenters. The van der Waals surface area contributed by atoms with Crippen LogP contribution in [0.2, 0.25) is 0 Å². The predicted molar refractivity (Wildman–Crippen MR) is 73.2 cm³/mol. The van der Waals surface area contributed by atoms with Crippen LogP contribution in [0.3, 0.4) is 0 Å². The number of rotatable bonds is 4. The van der Waals surface area contributed by atoms with Crippen molar-refractivity contribution in [1.29, 1.82) is 0 Å². The topological polar surface area (TPSA) is 57.8 Å². The van der Waals surface area contributed by atoms with E-state index in [1.165, 1.54) is 6.07 Å². The predicted octanol–water partition coefficient (Wildman–Crippen LogP) is 3.19. The first-order valence-corrected chi connectivity index (χ1v) is 6.67. The summed E-state index contributed by atoms with van der Waals surface area (Å²) >= 11 is 3.18. The molecule has 0 aliphatic carbocycles. The lowest BCUT2D eigenvalue weighted by Crippen LogP contribution is -2.29. The normalized spacial score (nSPS) is 12.2. The third-order valence-electron chi connectivity index (χ3n) is 2.75. The second-order valence-corrected chi connectivity index (χ2v) is 4.86. The molecule has 19 heavy (non-hydrogen) atoms. The molecule has 1 amide bonds. The fourth-order valence-corrected chi connectivity index (χ4v) is 2.30. The summed E-state index contributed by atoms with van der Waals surface area (Å²) in [5.41, 5.74) is 0.00695. The van der Waals surface area contributed by atoms with Gasteiger partial charge >= 0.3 is 0 Å². The Labute approximate surface area is 118 Å². The van der Waals surface area contributed by atoms with Gasteiger partial charge in [-0.2, -0.15) is 0 Å². The molecule has 1 aromatic heterocycles. The van der Waals surface area contributed by atoms with Crippen molar-refractivity contribution in [3.63, 3.8) is 0 Å². The van der Waals surface area contributed by atoms with E-state index >= 15 is 0 Å². The van der Waals surface area contributed by atoms with Crippen molar-refractivity contribution in [1.82, 2.24) is 15.3 Å². The van der Waals surface area contributed by atoms with Crippen LogP contribution in [0.4, 0.5) is 4.39 Å². The molecule has 2 rings (SSSR count). The molecule has 2 N–H and O–H groups in total. The number of amides is 1. The Hall–Kier alpha value is -1.69. The SMILES string of the molecule is CCC(NC(=O)c1c(F)cccc1Br)c1ncc[nH]1. The lowest BCUT2D eigenvalue weighted by atomic mass is 10.1. The molecule has 4 nitrogen and oxygen atoms in total. The zero-order valence-electron chi connectivity index (χ0n) is 10.3. The molecule has 0 fully saturated rings. The van der Waals surface area contributed by atoms with Crippen molar-refractivity contribution in [2.24, 2.45) is 0 Å². The summed E-state index contributed by atoms with van der Waals surface area (Å²) in [6, 6.07) is 4.16. The van der Waals surface area contributed by atoms with Gasteiger partial charge in [-0.15, -0.1) is 0 Å². The van der Waals surface area contributed by atoms with E-state index in [0.29, 0.717) is 16.7 Å². The first kappa shape index (κ1) is 13.7. The molecular weight excluding hydrogens is 313 g/mol. The van der Waals surface area contributed by atoms with Crippen LogP contribution in [-0.2, 0) is 0 Å². The Morgan fingerprint density at radius 1 is 1.58 bits per heavy atom. The molecule has 0 spiro atoms. The van der Waals surface area contributed by atoms with Crippen molar-refractivity contribution in [2.45, 2.75) is 19.4 Å². The fourth-order valence-electron chi connectivity index (χ4n) is 1.78. The number of carbonyl (C=O) groups excluding carboxylic acids is 1. The standard InChI is InChI=1S/C13H13BrFN3O/c1-2-10(12-16-6-7-17-12)18-13(19)11-8(14)4-3-5-9(11)15/h3-7,10H,2H2,1H3,(H,16,17)(H,18,19). The van der Waals surface area contributed by atoms with E-state index in [2.05, 4.69) is 31.2 Å². The van der Waals surface area contributed by atoms with Gasteiger partial charge in [-0.3, -0.25) is 4.79 Å². The van der Waals surface area contributed by atoms with E-state index in [-0.39, 0.29) is 11.6 Å². The zero-order valence-corrected chi connectivity index (χ0v) is 11.9. The molecule has 1 heterocycles. The van der Waals surface area contributed by atoms with Gasteiger partial charge in [-0.25, -0.2) is 9.37 Å². The molecular formula is C13H13BrFN3O. The third-order valence-corrected chi connectivity index (χ3v) is 3.41. The number of imidazole rings is 1. The molecule has 2 aromatic rings. The smallest absolute Gasteiger partial charge is 0.255 e. The Morgan fingerprint density at radius 2 is 2.37 bits per heavy atom. The quantitative estimate of drug-likeness (QED) is 0.906. The number of hydrogen-bond acceptors (Lipinski definition) is 2. The van der Waals surface area contributed by atoms with E-state index in [1.54, 1.807) is 24.5 Å². The van der Waals surface area contributed by atoms with Gasteiger partial charge in [0.1, 0.15) is 11.6 Å². The minimum absolute atomic E-state index is 0.00695. The van der Waals surface area contributed by atoms with Crippen LogP contribution in [0.1, 0.15) is 35.6 Å². The molecule has 1 aromatic carbocycles. The summed E-state index contributed by atoms with van der Waals surface area (Å²) in [5.74, 6) is -0.363. The number of carbonyl (C=O) groups is 1. The summed E-state index contributed by atoms with van der Waals surface area (Å²) in [5, 5.41) is 2.76. The van der Waals surface area contributed by atoms with Crippen molar-refractivity contribution < 1.29 is 9.18 Å². The van der Waals surface area contributed by atoms with Gasteiger partial charge in [0.2, 0.25) is 0 Å². The highest BCUT2D eigenvalue weighted by Crippen LogP contribution is 2.21. The van der Waals surface area contributed by atoms with Gasteiger partial charge < -0.3 is 10.3 Å². The van der Waals surface area contributed by atoms with Crippen LogP contribution in [-0.4, -0.2) is 15.9 Å². The molecule has 1 unspecified atom stereocenters. The molecule has 0 radical (unpaired) electrons. The number of nitrogens with zero attached hydrogens (tertiary/aromatic N) is 1. The van der Waals surface area contributed by atoms with E-state index in [1.807, 2.05) is 6.92 Å². The van der Waals surface area contributed by atoms with Gasteiger partial charge in [-0.05, 0) is 34.5 Å². The first-order valence-electron chi connectivity index (χ1n) is 5.87.